The molecule has 0 heterocycles. The lowest BCUT2D eigenvalue weighted by Gasteiger charge is -2.29. The van der Waals surface area contributed by atoms with Crippen LogP contribution in [0.15, 0.2) is 18.2 Å². The van der Waals surface area contributed by atoms with Crippen molar-refractivity contribution >= 4 is 17.3 Å². The van der Waals surface area contributed by atoms with Crippen molar-refractivity contribution in [1.82, 2.24) is 0 Å². The average Bonchev–Trinajstić information content (AvgIpc) is 2.35. The minimum Gasteiger partial charge on any atom is -0.381 e. The van der Waals surface area contributed by atoms with Gasteiger partial charge in [-0.1, -0.05) is 31.4 Å². The molecule has 18 heavy (non-hydrogen) atoms. The van der Waals surface area contributed by atoms with Crippen LogP contribution in [-0.4, -0.2) is 6.04 Å². The maximum atomic E-state index is 12.9. The first kappa shape index (κ1) is 13.7. The van der Waals surface area contributed by atoms with Gasteiger partial charge in [0.25, 0.3) is 0 Å². The molecule has 3 heteroatoms. The van der Waals surface area contributed by atoms with Crippen molar-refractivity contribution in [3.63, 3.8) is 0 Å². The predicted molar refractivity (Wildman–Crippen MR) is 75.7 cm³/mol. The molecule has 1 aliphatic carbocycles. The minimum absolute atomic E-state index is 0.280. The zero-order chi connectivity index (χ0) is 13.0. The number of nitrogens with one attached hydrogen (secondary N) is 1. The van der Waals surface area contributed by atoms with Crippen LogP contribution < -0.4 is 5.32 Å². The molecule has 0 atom stereocenters. The third-order valence-corrected chi connectivity index (χ3v) is 4.15. The van der Waals surface area contributed by atoms with E-state index in [-0.39, 0.29) is 5.82 Å². The molecule has 0 spiro atoms. The molecule has 100 valence electrons. The molecule has 1 nitrogen and oxygen atoms in total. The number of rotatable bonds is 4. The Bertz CT molecular complexity index is 386. The van der Waals surface area contributed by atoms with E-state index in [1.165, 1.54) is 50.7 Å². The van der Waals surface area contributed by atoms with Crippen molar-refractivity contribution in [2.24, 2.45) is 5.92 Å². The lowest BCUT2D eigenvalue weighted by molar-refractivity contribution is 0.319. The van der Waals surface area contributed by atoms with Crippen molar-refractivity contribution in [1.29, 1.82) is 0 Å². The lowest BCUT2D eigenvalue weighted by Crippen LogP contribution is -2.26. The highest BCUT2D eigenvalue weighted by Gasteiger charge is 2.20. The fourth-order valence-electron chi connectivity index (χ4n) is 2.83. The third kappa shape index (κ3) is 3.61. The van der Waals surface area contributed by atoms with E-state index in [2.05, 4.69) is 12.2 Å². The van der Waals surface area contributed by atoms with E-state index in [0.717, 1.165) is 11.6 Å². The fraction of sp³-hybridized carbons (Fsp3) is 0.600. The van der Waals surface area contributed by atoms with Crippen LogP contribution in [0.3, 0.4) is 0 Å². The van der Waals surface area contributed by atoms with Gasteiger partial charge >= 0.3 is 0 Å². The highest BCUT2D eigenvalue weighted by Crippen LogP contribution is 2.31. The van der Waals surface area contributed by atoms with Crippen molar-refractivity contribution in [3.8, 4) is 0 Å². The summed E-state index contributed by atoms with van der Waals surface area (Å²) in [4.78, 5) is 0. The monoisotopic (exact) mass is 269 g/mol. The Morgan fingerprint density at radius 1 is 1.28 bits per heavy atom. The molecule has 2 rings (SSSR count). The first-order valence-corrected chi connectivity index (χ1v) is 7.28. The first-order valence-electron chi connectivity index (χ1n) is 6.90. The molecule has 0 unspecified atom stereocenters. The second-order valence-electron chi connectivity index (χ2n) is 5.27. The van der Waals surface area contributed by atoms with Crippen LogP contribution >= 0.6 is 11.6 Å². The van der Waals surface area contributed by atoms with Crippen molar-refractivity contribution in [2.75, 3.05) is 5.32 Å². The average molecular weight is 270 g/mol. The van der Waals surface area contributed by atoms with E-state index in [4.69, 9.17) is 11.6 Å². The molecule has 0 radical (unpaired) electrons. The molecule has 0 amide bonds. The smallest absolute Gasteiger partial charge is 0.124 e. The maximum Gasteiger partial charge on any atom is 0.124 e. The van der Waals surface area contributed by atoms with Crippen LogP contribution in [0, 0.1) is 11.7 Å². The van der Waals surface area contributed by atoms with Crippen LogP contribution in [0.5, 0.6) is 0 Å². The van der Waals surface area contributed by atoms with Crippen LogP contribution in [0.4, 0.5) is 10.1 Å². The van der Waals surface area contributed by atoms with Crippen molar-refractivity contribution < 1.29 is 4.39 Å². The van der Waals surface area contributed by atoms with Crippen LogP contribution in [0.1, 0.15) is 45.4 Å². The molecule has 0 aliphatic heterocycles. The van der Waals surface area contributed by atoms with Gasteiger partial charge in [-0.2, -0.15) is 0 Å². The molecule has 1 fully saturated rings. The van der Waals surface area contributed by atoms with E-state index < -0.39 is 0 Å². The van der Waals surface area contributed by atoms with Crippen molar-refractivity contribution in [2.45, 2.75) is 51.5 Å². The number of anilines is 1. The van der Waals surface area contributed by atoms with Gasteiger partial charge in [-0.05, 0) is 49.8 Å². The predicted octanol–water partition coefficient (Wildman–Crippen LogP) is 5.25. The molecular weight excluding hydrogens is 249 g/mol. The molecule has 1 N–H and O–H groups in total. The van der Waals surface area contributed by atoms with Crippen molar-refractivity contribution in [3.05, 3.63) is 29.0 Å². The summed E-state index contributed by atoms with van der Waals surface area (Å²) in [6.45, 7) is 2.25. The van der Waals surface area contributed by atoms with Gasteiger partial charge in [-0.25, -0.2) is 4.39 Å². The number of hydrogen-bond acceptors (Lipinski definition) is 1. The molecule has 1 aliphatic rings. The summed E-state index contributed by atoms with van der Waals surface area (Å²) in [5, 5.41) is 3.92. The summed E-state index contributed by atoms with van der Waals surface area (Å²) in [5.74, 6) is 0.619. The van der Waals surface area contributed by atoms with Gasteiger partial charge < -0.3 is 5.32 Å². The molecule has 0 bridgehead atoms. The second-order valence-corrected chi connectivity index (χ2v) is 5.68. The van der Waals surface area contributed by atoms with Gasteiger partial charge in [0, 0.05) is 6.04 Å². The fourth-order valence-corrected chi connectivity index (χ4v) is 3.05. The van der Waals surface area contributed by atoms with E-state index in [1.807, 2.05) is 0 Å². The van der Waals surface area contributed by atoms with Crippen LogP contribution in [0.2, 0.25) is 5.02 Å². The molecular formula is C15H21ClFN. The summed E-state index contributed by atoms with van der Waals surface area (Å²) in [6, 6.07) is 5.04. The Kier molecular flexibility index (Phi) is 4.87. The Hall–Kier alpha value is -0.760. The summed E-state index contributed by atoms with van der Waals surface area (Å²) >= 11 is 6.02. The van der Waals surface area contributed by atoms with E-state index >= 15 is 0 Å². The summed E-state index contributed by atoms with van der Waals surface area (Å²) in [7, 11) is 0. The standard InChI is InChI=1S/C15H21ClFN/c1-2-3-11-4-7-13(8-5-11)18-15-9-6-12(17)10-14(15)16/h6,9-11,13,18H,2-5,7-8H2,1H3. The summed E-state index contributed by atoms with van der Waals surface area (Å²) in [6.07, 6.45) is 7.61. The SMILES string of the molecule is CCCC1CCC(Nc2ccc(F)cc2Cl)CC1. The molecule has 0 aromatic heterocycles. The summed E-state index contributed by atoms with van der Waals surface area (Å²) < 4.78 is 12.9. The Labute approximate surface area is 114 Å². The molecule has 1 aromatic rings. The quantitative estimate of drug-likeness (QED) is 0.787. The van der Waals surface area contributed by atoms with E-state index in [1.54, 1.807) is 6.07 Å². The zero-order valence-electron chi connectivity index (χ0n) is 10.9. The number of benzene rings is 1. The minimum atomic E-state index is -0.280. The molecule has 1 aromatic carbocycles. The Balaban J connectivity index is 1.87. The van der Waals surface area contributed by atoms with Gasteiger partial charge in [0.2, 0.25) is 0 Å². The molecule has 1 saturated carbocycles. The van der Waals surface area contributed by atoms with Gasteiger partial charge in [0.15, 0.2) is 0 Å². The normalized spacial score (nSPS) is 23.9. The zero-order valence-corrected chi connectivity index (χ0v) is 11.6. The second kappa shape index (κ2) is 6.42. The summed E-state index contributed by atoms with van der Waals surface area (Å²) in [5.41, 5.74) is 0.858. The highest BCUT2D eigenvalue weighted by atomic mass is 35.5. The van der Waals surface area contributed by atoms with Crippen LogP contribution in [-0.2, 0) is 0 Å². The van der Waals surface area contributed by atoms with Gasteiger partial charge in [0.05, 0.1) is 10.7 Å². The maximum absolute atomic E-state index is 12.9. The largest absolute Gasteiger partial charge is 0.381 e. The number of hydrogen-bond donors (Lipinski definition) is 1. The molecule has 0 saturated heterocycles. The van der Waals surface area contributed by atoms with E-state index in [0.29, 0.717) is 11.1 Å². The highest BCUT2D eigenvalue weighted by molar-refractivity contribution is 6.33. The van der Waals surface area contributed by atoms with Gasteiger partial charge in [-0.15, -0.1) is 0 Å². The Morgan fingerprint density at radius 3 is 2.61 bits per heavy atom. The third-order valence-electron chi connectivity index (χ3n) is 3.83. The lowest BCUT2D eigenvalue weighted by atomic mass is 9.83. The Morgan fingerprint density at radius 2 is 2.00 bits per heavy atom. The topological polar surface area (TPSA) is 12.0 Å². The van der Waals surface area contributed by atoms with Crippen LogP contribution in [0.25, 0.3) is 0 Å². The number of halogens is 2. The first-order chi connectivity index (χ1) is 8.69. The van der Waals surface area contributed by atoms with E-state index in [9.17, 15) is 4.39 Å². The van der Waals surface area contributed by atoms with Gasteiger partial charge in [0.1, 0.15) is 5.82 Å². The van der Waals surface area contributed by atoms with Gasteiger partial charge in [-0.3, -0.25) is 0 Å².